The standard InChI is InChI=1S/C11H15NO3S/c1-11(7-13,8-14)12-10(15)5-4-9-3-2-6-16-9/h2-6,13-14H,7-8H2,1H3,(H,12,15)/b5-4+. The van der Waals surface area contributed by atoms with Gasteiger partial charge in [0.05, 0.1) is 18.8 Å². The van der Waals surface area contributed by atoms with Crippen LogP contribution in [-0.4, -0.2) is 34.9 Å². The number of rotatable bonds is 5. The number of aliphatic hydroxyl groups is 2. The first kappa shape index (κ1) is 12.9. The Morgan fingerprint density at radius 2 is 2.25 bits per heavy atom. The fraction of sp³-hybridized carbons (Fsp3) is 0.364. The van der Waals surface area contributed by atoms with E-state index in [4.69, 9.17) is 10.2 Å². The van der Waals surface area contributed by atoms with Crippen molar-refractivity contribution in [1.29, 1.82) is 0 Å². The van der Waals surface area contributed by atoms with Gasteiger partial charge in [-0.1, -0.05) is 6.07 Å². The molecule has 0 spiro atoms. The molecule has 4 nitrogen and oxygen atoms in total. The summed E-state index contributed by atoms with van der Waals surface area (Å²) in [5.41, 5.74) is -0.975. The minimum Gasteiger partial charge on any atom is -0.394 e. The molecule has 0 atom stereocenters. The Hall–Kier alpha value is -1.17. The molecule has 0 aliphatic carbocycles. The van der Waals surface area contributed by atoms with E-state index in [1.54, 1.807) is 13.0 Å². The second kappa shape index (κ2) is 5.79. The van der Waals surface area contributed by atoms with Gasteiger partial charge in [-0.3, -0.25) is 4.79 Å². The molecule has 1 aromatic rings. The van der Waals surface area contributed by atoms with Gasteiger partial charge in [-0.05, 0) is 24.4 Å². The largest absolute Gasteiger partial charge is 0.394 e. The van der Waals surface area contributed by atoms with Gasteiger partial charge in [-0.15, -0.1) is 11.3 Å². The van der Waals surface area contributed by atoms with Gasteiger partial charge in [-0.2, -0.15) is 0 Å². The second-order valence-corrected chi connectivity index (χ2v) is 4.69. The molecule has 88 valence electrons. The van der Waals surface area contributed by atoms with Crippen LogP contribution >= 0.6 is 11.3 Å². The SMILES string of the molecule is CC(CO)(CO)NC(=O)/C=C/c1cccs1. The second-order valence-electron chi connectivity index (χ2n) is 3.71. The van der Waals surface area contributed by atoms with Crippen molar-refractivity contribution in [3.63, 3.8) is 0 Å². The lowest BCUT2D eigenvalue weighted by Gasteiger charge is -2.25. The number of hydrogen-bond acceptors (Lipinski definition) is 4. The first-order valence-corrected chi connectivity index (χ1v) is 5.73. The molecule has 0 aromatic carbocycles. The van der Waals surface area contributed by atoms with E-state index in [-0.39, 0.29) is 19.1 Å². The van der Waals surface area contributed by atoms with Crippen molar-refractivity contribution in [1.82, 2.24) is 5.32 Å². The molecule has 1 heterocycles. The smallest absolute Gasteiger partial charge is 0.244 e. The third-order valence-corrected chi connectivity index (χ3v) is 2.90. The minimum absolute atomic E-state index is 0.303. The monoisotopic (exact) mass is 241 g/mol. The van der Waals surface area contributed by atoms with Gasteiger partial charge in [0.2, 0.25) is 5.91 Å². The summed E-state index contributed by atoms with van der Waals surface area (Å²) in [5.74, 6) is -0.334. The maximum atomic E-state index is 11.5. The summed E-state index contributed by atoms with van der Waals surface area (Å²) >= 11 is 1.53. The zero-order valence-corrected chi connectivity index (χ0v) is 9.83. The van der Waals surface area contributed by atoms with Crippen molar-refractivity contribution < 1.29 is 15.0 Å². The van der Waals surface area contributed by atoms with Crippen molar-refractivity contribution in [3.8, 4) is 0 Å². The number of carbonyl (C=O) groups excluding carboxylic acids is 1. The lowest BCUT2D eigenvalue weighted by atomic mass is 10.1. The highest BCUT2D eigenvalue weighted by Crippen LogP contribution is 2.10. The fourth-order valence-electron chi connectivity index (χ4n) is 1.01. The summed E-state index contributed by atoms with van der Waals surface area (Å²) in [6.07, 6.45) is 3.07. The molecule has 0 bridgehead atoms. The molecule has 16 heavy (non-hydrogen) atoms. The zero-order valence-electron chi connectivity index (χ0n) is 9.01. The number of amides is 1. The molecule has 0 aliphatic heterocycles. The molecule has 0 radical (unpaired) electrons. The average molecular weight is 241 g/mol. The van der Waals surface area contributed by atoms with Crippen LogP contribution in [0.2, 0.25) is 0 Å². The van der Waals surface area contributed by atoms with E-state index in [0.717, 1.165) is 4.88 Å². The summed E-state index contributed by atoms with van der Waals surface area (Å²) in [7, 11) is 0. The van der Waals surface area contributed by atoms with Crippen LogP contribution in [0.25, 0.3) is 6.08 Å². The van der Waals surface area contributed by atoms with Crippen LogP contribution in [0.3, 0.4) is 0 Å². The van der Waals surface area contributed by atoms with Crippen LogP contribution in [0.5, 0.6) is 0 Å². The van der Waals surface area contributed by atoms with E-state index in [0.29, 0.717) is 0 Å². The molecular formula is C11H15NO3S. The molecule has 5 heteroatoms. The molecule has 1 amide bonds. The Kier molecular flexibility index (Phi) is 4.67. The molecule has 0 saturated carbocycles. The first-order valence-electron chi connectivity index (χ1n) is 4.85. The summed E-state index contributed by atoms with van der Waals surface area (Å²) in [6, 6.07) is 3.79. The van der Waals surface area contributed by atoms with Crippen LogP contribution in [0.15, 0.2) is 23.6 Å². The molecule has 1 rings (SSSR count). The van der Waals surface area contributed by atoms with Crippen molar-refractivity contribution >= 4 is 23.3 Å². The maximum Gasteiger partial charge on any atom is 0.244 e. The predicted octanol–water partition coefficient (Wildman–Crippen LogP) is 0.621. The van der Waals surface area contributed by atoms with Crippen LogP contribution in [0.1, 0.15) is 11.8 Å². The van der Waals surface area contributed by atoms with Crippen molar-refractivity contribution in [2.75, 3.05) is 13.2 Å². The summed E-state index contributed by atoms with van der Waals surface area (Å²) < 4.78 is 0. The van der Waals surface area contributed by atoms with E-state index >= 15 is 0 Å². The van der Waals surface area contributed by atoms with E-state index in [1.807, 2.05) is 17.5 Å². The number of aliphatic hydroxyl groups excluding tert-OH is 2. The number of nitrogens with one attached hydrogen (secondary N) is 1. The lowest BCUT2D eigenvalue weighted by molar-refractivity contribution is -0.119. The molecule has 0 saturated heterocycles. The number of thiophene rings is 1. The molecule has 0 aliphatic rings. The minimum atomic E-state index is -0.975. The van der Waals surface area contributed by atoms with Gasteiger partial charge in [-0.25, -0.2) is 0 Å². The Labute approximate surface area is 98.2 Å². The Bertz CT molecular complexity index is 355. The highest BCUT2D eigenvalue weighted by atomic mass is 32.1. The first-order chi connectivity index (χ1) is 7.59. The van der Waals surface area contributed by atoms with Crippen LogP contribution in [-0.2, 0) is 4.79 Å². The summed E-state index contributed by atoms with van der Waals surface area (Å²) in [5, 5.41) is 22.4. The van der Waals surface area contributed by atoms with Crippen LogP contribution in [0.4, 0.5) is 0 Å². The molecule has 1 aromatic heterocycles. The maximum absolute atomic E-state index is 11.5. The number of carbonyl (C=O) groups is 1. The van der Waals surface area contributed by atoms with Gasteiger partial charge >= 0.3 is 0 Å². The quantitative estimate of drug-likeness (QED) is 0.662. The van der Waals surface area contributed by atoms with Crippen molar-refractivity contribution in [2.24, 2.45) is 0 Å². The highest BCUT2D eigenvalue weighted by molar-refractivity contribution is 7.10. The van der Waals surface area contributed by atoms with Crippen LogP contribution < -0.4 is 5.32 Å². The summed E-state index contributed by atoms with van der Waals surface area (Å²) in [4.78, 5) is 12.4. The topological polar surface area (TPSA) is 69.6 Å². The van der Waals surface area contributed by atoms with Crippen molar-refractivity contribution in [2.45, 2.75) is 12.5 Å². The zero-order chi connectivity index (χ0) is 12.0. The fourth-order valence-corrected chi connectivity index (χ4v) is 1.63. The predicted molar refractivity (Wildman–Crippen MR) is 64.1 cm³/mol. The Morgan fingerprint density at radius 3 is 2.75 bits per heavy atom. The normalized spacial score (nSPS) is 11.9. The Balaban J connectivity index is 2.53. The Morgan fingerprint density at radius 1 is 1.56 bits per heavy atom. The van der Waals surface area contributed by atoms with Crippen LogP contribution in [0, 0.1) is 0 Å². The van der Waals surface area contributed by atoms with Gasteiger partial charge < -0.3 is 15.5 Å². The highest BCUT2D eigenvalue weighted by Gasteiger charge is 2.23. The third kappa shape index (κ3) is 3.77. The van der Waals surface area contributed by atoms with E-state index in [2.05, 4.69) is 5.32 Å². The molecular weight excluding hydrogens is 226 g/mol. The molecule has 0 fully saturated rings. The summed E-state index contributed by atoms with van der Waals surface area (Å²) in [6.45, 7) is 0.966. The van der Waals surface area contributed by atoms with E-state index < -0.39 is 5.54 Å². The van der Waals surface area contributed by atoms with E-state index in [9.17, 15) is 4.79 Å². The van der Waals surface area contributed by atoms with Gasteiger partial charge in [0.25, 0.3) is 0 Å². The van der Waals surface area contributed by atoms with Gasteiger partial charge in [0, 0.05) is 11.0 Å². The van der Waals surface area contributed by atoms with Gasteiger partial charge in [0.1, 0.15) is 0 Å². The molecule has 3 N–H and O–H groups in total. The number of hydrogen-bond donors (Lipinski definition) is 3. The van der Waals surface area contributed by atoms with Gasteiger partial charge in [0.15, 0.2) is 0 Å². The van der Waals surface area contributed by atoms with Crippen molar-refractivity contribution in [3.05, 3.63) is 28.5 Å². The molecule has 0 unspecified atom stereocenters. The average Bonchev–Trinajstić information content (AvgIpc) is 2.79. The third-order valence-electron chi connectivity index (χ3n) is 2.07. The lowest BCUT2D eigenvalue weighted by Crippen LogP contribution is -2.51. The van der Waals surface area contributed by atoms with E-state index in [1.165, 1.54) is 17.4 Å².